The summed E-state index contributed by atoms with van der Waals surface area (Å²) in [6, 6.07) is 3.41. The van der Waals surface area contributed by atoms with Gasteiger partial charge in [-0.15, -0.1) is 0 Å². The first-order valence-electron chi connectivity index (χ1n) is 5.86. The molecule has 0 bridgehead atoms. The zero-order chi connectivity index (χ0) is 12.1. The Hall–Kier alpha value is -0.840. The lowest BCUT2D eigenvalue weighted by Gasteiger charge is -2.22. The number of hydrogen-bond acceptors (Lipinski definition) is 4. The Bertz CT molecular complexity index is 368. The van der Waals surface area contributed by atoms with Crippen LogP contribution in [0.1, 0.15) is 25.0 Å². The number of anilines is 1. The van der Waals surface area contributed by atoms with Crippen LogP contribution in [0.4, 0.5) is 5.82 Å². The normalized spacial score (nSPS) is 20.4. The van der Waals surface area contributed by atoms with E-state index in [1.54, 1.807) is 12.1 Å². The first-order chi connectivity index (χ1) is 8.25. The maximum Gasteiger partial charge on any atom is 0.123 e. The molecule has 0 aromatic carbocycles. The van der Waals surface area contributed by atoms with Crippen molar-refractivity contribution in [1.82, 2.24) is 4.98 Å². The number of hydrogen-bond donors (Lipinski definition) is 1. The van der Waals surface area contributed by atoms with Crippen LogP contribution in [0.3, 0.4) is 0 Å². The predicted octanol–water partition coefficient (Wildman–Crippen LogP) is 2.40. The van der Waals surface area contributed by atoms with Gasteiger partial charge in [-0.25, -0.2) is 4.98 Å². The van der Waals surface area contributed by atoms with E-state index in [0.29, 0.717) is 29.7 Å². The van der Waals surface area contributed by atoms with Gasteiger partial charge < -0.3 is 15.2 Å². The molecule has 1 aromatic rings. The summed E-state index contributed by atoms with van der Waals surface area (Å²) in [6.07, 6.45) is 3.64. The van der Waals surface area contributed by atoms with Gasteiger partial charge in [0.2, 0.25) is 0 Å². The lowest BCUT2D eigenvalue weighted by Crippen LogP contribution is -2.24. The standard InChI is InChI=1S/C12H17ClN2O2/c13-10-4-5-12(14)15-11(10)8-16-7-9-3-1-2-6-17-9/h4-5,9H,1-3,6-8H2,(H2,14,15). The van der Waals surface area contributed by atoms with Crippen molar-refractivity contribution in [3.05, 3.63) is 22.8 Å². The molecular formula is C12H17ClN2O2. The van der Waals surface area contributed by atoms with Gasteiger partial charge in [0.15, 0.2) is 0 Å². The predicted molar refractivity (Wildman–Crippen MR) is 66.9 cm³/mol. The van der Waals surface area contributed by atoms with Gasteiger partial charge in [-0.05, 0) is 31.4 Å². The Morgan fingerprint density at radius 1 is 1.47 bits per heavy atom. The number of ether oxygens (including phenoxy) is 2. The maximum atomic E-state index is 5.99. The molecule has 2 heterocycles. The molecule has 0 amide bonds. The first kappa shape index (κ1) is 12.6. The number of nitrogens with two attached hydrogens (primary N) is 1. The van der Waals surface area contributed by atoms with Crippen molar-refractivity contribution in [2.45, 2.75) is 32.0 Å². The zero-order valence-corrected chi connectivity index (χ0v) is 10.4. The fourth-order valence-electron chi connectivity index (χ4n) is 1.83. The molecule has 1 fully saturated rings. The van der Waals surface area contributed by atoms with E-state index >= 15 is 0 Å². The van der Waals surface area contributed by atoms with Gasteiger partial charge in [0, 0.05) is 6.61 Å². The third-order valence-electron chi connectivity index (χ3n) is 2.76. The van der Waals surface area contributed by atoms with E-state index in [1.807, 2.05) is 0 Å². The van der Waals surface area contributed by atoms with Crippen LogP contribution in [0.25, 0.3) is 0 Å². The minimum Gasteiger partial charge on any atom is -0.384 e. The van der Waals surface area contributed by atoms with Gasteiger partial charge in [-0.1, -0.05) is 11.6 Å². The molecule has 94 valence electrons. The van der Waals surface area contributed by atoms with Crippen molar-refractivity contribution >= 4 is 17.4 Å². The summed E-state index contributed by atoms with van der Waals surface area (Å²) in [5, 5.41) is 0.587. The summed E-state index contributed by atoms with van der Waals surface area (Å²) in [4.78, 5) is 4.14. The van der Waals surface area contributed by atoms with Gasteiger partial charge in [-0.3, -0.25) is 0 Å². The number of pyridine rings is 1. The summed E-state index contributed by atoms with van der Waals surface area (Å²) in [5.74, 6) is 0.460. The zero-order valence-electron chi connectivity index (χ0n) is 9.69. The summed E-state index contributed by atoms with van der Waals surface area (Å²) in [5.41, 5.74) is 6.27. The number of halogens is 1. The average molecular weight is 257 g/mol. The first-order valence-corrected chi connectivity index (χ1v) is 6.24. The molecule has 1 saturated heterocycles. The second kappa shape index (κ2) is 6.19. The minimum absolute atomic E-state index is 0.212. The topological polar surface area (TPSA) is 57.4 Å². The number of aromatic nitrogens is 1. The highest BCUT2D eigenvalue weighted by Gasteiger charge is 2.14. The van der Waals surface area contributed by atoms with E-state index in [2.05, 4.69) is 4.98 Å². The molecule has 0 radical (unpaired) electrons. The SMILES string of the molecule is Nc1ccc(Cl)c(COCC2CCCCO2)n1. The van der Waals surface area contributed by atoms with Crippen LogP contribution in [-0.4, -0.2) is 24.3 Å². The Kier molecular flexibility index (Phi) is 4.59. The Balaban J connectivity index is 1.79. The third-order valence-corrected chi connectivity index (χ3v) is 3.10. The molecule has 1 unspecified atom stereocenters. The highest BCUT2D eigenvalue weighted by molar-refractivity contribution is 6.31. The summed E-state index contributed by atoms with van der Waals surface area (Å²) >= 11 is 5.99. The van der Waals surface area contributed by atoms with Crippen LogP contribution in [0.5, 0.6) is 0 Å². The van der Waals surface area contributed by atoms with Crippen LogP contribution >= 0.6 is 11.6 Å². The quantitative estimate of drug-likeness (QED) is 0.899. The van der Waals surface area contributed by atoms with Crippen LogP contribution < -0.4 is 5.73 Å². The number of nitrogens with zero attached hydrogens (tertiary/aromatic N) is 1. The van der Waals surface area contributed by atoms with E-state index in [0.717, 1.165) is 19.4 Å². The third kappa shape index (κ3) is 3.84. The van der Waals surface area contributed by atoms with Crippen molar-refractivity contribution in [3.63, 3.8) is 0 Å². The van der Waals surface area contributed by atoms with Crippen molar-refractivity contribution in [1.29, 1.82) is 0 Å². The van der Waals surface area contributed by atoms with Crippen molar-refractivity contribution < 1.29 is 9.47 Å². The largest absolute Gasteiger partial charge is 0.384 e. The van der Waals surface area contributed by atoms with E-state index in [1.165, 1.54) is 6.42 Å². The smallest absolute Gasteiger partial charge is 0.123 e. The molecular weight excluding hydrogens is 240 g/mol. The van der Waals surface area contributed by atoms with E-state index in [4.69, 9.17) is 26.8 Å². The molecule has 1 aliphatic rings. The number of nitrogen functional groups attached to an aromatic ring is 1. The monoisotopic (exact) mass is 256 g/mol. The molecule has 1 aromatic heterocycles. The molecule has 1 atom stereocenters. The second-order valence-corrected chi connectivity index (χ2v) is 4.58. The molecule has 1 aliphatic heterocycles. The summed E-state index contributed by atoms with van der Waals surface area (Å²) in [6.45, 7) is 1.81. The van der Waals surface area contributed by atoms with Crippen molar-refractivity contribution in [2.24, 2.45) is 0 Å². The fraction of sp³-hybridized carbons (Fsp3) is 0.583. The molecule has 4 nitrogen and oxygen atoms in total. The molecule has 2 N–H and O–H groups in total. The highest BCUT2D eigenvalue weighted by Crippen LogP contribution is 2.17. The lowest BCUT2D eigenvalue weighted by atomic mass is 10.1. The van der Waals surface area contributed by atoms with Gasteiger partial charge >= 0.3 is 0 Å². The van der Waals surface area contributed by atoms with Crippen LogP contribution in [0, 0.1) is 0 Å². The summed E-state index contributed by atoms with van der Waals surface area (Å²) < 4.78 is 11.1. The molecule has 5 heteroatoms. The number of rotatable bonds is 4. The molecule has 0 spiro atoms. The average Bonchev–Trinajstić information content (AvgIpc) is 2.35. The van der Waals surface area contributed by atoms with Crippen LogP contribution in [-0.2, 0) is 16.1 Å². The molecule has 0 saturated carbocycles. The maximum absolute atomic E-state index is 5.99. The molecule has 0 aliphatic carbocycles. The molecule has 2 rings (SSSR count). The Labute approximate surface area is 106 Å². The Morgan fingerprint density at radius 2 is 2.35 bits per heavy atom. The van der Waals surface area contributed by atoms with Gasteiger partial charge in [0.05, 0.1) is 30.0 Å². The minimum atomic E-state index is 0.212. The lowest BCUT2D eigenvalue weighted by molar-refractivity contribution is -0.0452. The van der Waals surface area contributed by atoms with E-state index in [9.17, 15) is 0 Å². The Morgan fingerprint density at radius 3 is 3.12 bits per heavy atom. The van der Waals surface area contributed by atoms with Gasteiger partial charge in [0.25, 0.3) is 0 Å². The van der Waals surface area contributed by atoms with Crippen LogP contribution in [0.2, 0.25) is 5.02 Å². The fourth-order valence-corrected chi connectivity index (χ4v) is 1.99. The van der Waals surface area contributed by atoms with E-state index in [-0.39, 0.29) is 6.10 Å². The van der Waals surface area contributed by atoms with E-state index < -0.39 is 0 Å². The van der Waals surface area contributed by atoms with Crippen LogP contribution in [0.15, 0.2) is 12.1 Å². The van der Waals surface area contributed by atoms with Gasteiger partial charge in [-0.2, -0.15) is 0 Å². The second-order valence-electron chi connectivity index (χ2n) is 4.17. The van der Waals surface area contributed by atoms with Crippen molar-refractivity contribution in [2.75, 3.05) is 18.9 Å². The highest BCUT2D eigenvalue weighted by atomic mass is 35.5. The van der Waals surface area contributed by atoms with Gasteiger partial charge in [0.1, 0.15) is 5.82 Å². The van der Waals surface area contributed by atoms with Crippen molar-refractivity contribution in [3.8, 4) is 0 Å². The summed E-state index contributed by atoms with van der Waals surface area (Å²) in [7, 11) is 0. The molecule has 17 heavy (non-hydrogen) atoms.